The minimum absolute atomic E-state index is 0.927. The molecule has 1 aromatic heterocycles. The molecule has 11 heavy (non-hydrogen) atoms. The molecule has 1 rings (SSSR count). The Kier molecular flexibility index (Phi) is 2.21. The minimum atomic E-state index is 0.927. The molecular weight excluding hydrogens is 138 g/mol. The van der Waals surface area contributed by atoms with Crippen LogP contribution in [0.3, 0.4) is 0 Å². The Labute approximate surface area is 65.9 Å². The Bertz CT molecular complexity index is 284. The van der Waals surface area contributed by atoms with E-state index in [9.17, 15) is 0 Å². The van der Waals surface area contributed by atoms with Crippen LogP contribution < -0.4 is 0 Å². The van der Waals surface area contributed by atoms with Crippen LogP contribution in [0, 0.1) is 12.3 Å². The van der Waals surface area contributed by atoms with Crippen molar-refractivity contribution in [3.05, 3.63) is 18.0 Å². The number of hydrogen-bond donors (Lipinski definition) is 1. The Morgan fingerprint density at radius 1 is 1.64 bits per heavy atom. The van der Waals surface area contributed by atoms with Crippen molar-refractivity contribution in [1.29, 1.82) is 5.41 Å². The Morgan fingerprint density at radius 2 is 2.36 bits per heavy atom. The maximum Gasteiger partial charge on any atom is 0.0836 e. The molecule has 3 nitrogen and oxygen atoms in total. The van der Waals surface area contributed by atoms with Crippen LogP contribution >= 0.6 is 0 Å². The first-order valence-corrected chi connectivity index (χ1v) is 3.40. The molecule has 0 aliphatic rings. The number of aromatic nitrogens is 1. The van der Waals surface area contributed by atoms with E-state index in [0.717, 1.165) is 11.4 Å². The molecule has 1 N–H and O–H groups in total. The lowest BCUT2D eigenvalue weighted by Gasteiger charge is -1.94. The van der Waals surface area contributed by atoms with Crippen LogP contribution in [0.25, 0.3) is 0 Å². The van der Waals surface area contributed by atoms with Gasteiger partial charge in [0.25, 0.3) is 0 Å². The number of nitrogens with zero attached hydrogens (tertiary/aromatic N) is 2. The third-order valence-corrected chi connectivity index (χ3v) is 1.64. The van der Waals surface area contributed by atoms with Crippen LogP contribution in [-0.4, -0.2) is 17.0 Å². The summed E-state index contributed by atoms with van der Waals surface area (Å²) >= 11 is 0. The van der Waals surface area contributed by atoms with E-state index in [1.807, 2.05) is 30.8 Å². The van der Waals surface area contributed by atoms with Crippen LogP contribution in [0.4, 0.5) is 5.69 Å². The highest BCUT2D eigenvalue weighted by Crippen LogP contribution is 2.17. The van der Waals surface area contributed by atoms with Gasteiger partial charge in [0.05, 0.1) is 5.69 Å². The van der Waals surface area contributed by atoms with Crippen molar-refractivity contribution in [3.8, 4) is 0 Å². The molecule has 58 valence electrons. The van der Waals surface area contributed by atoms with Crippen LogP contribution in [-0.2, 0) is 7.05 Å². The second-order valence-corrected chi connectivity index (χ2v) is 2.34. The van der Waals surface area contributed by atoms with Gasteiger partial charge in [-0.05, 0) is 13.0 Å². The molecule has 0 atom stereocenters. The molecule has 0 fully saturated rings. The predicted octanol–water partition coefficient (Wildman–Crippen LogP) is 1.69. The SMILES string of the molecule is Cc1c(N=CC=N)ccn1C. The first-order chi connectivity index (χ1) is 5.25. The molecule has 0 saturated carbocycles. The summed E-state index contributed by atoms with van der Waals surface area (Å²) in [5.74, 6) is 0. The quantitative estimate of drug-likeness (QED) is 0.622. The maximum atomic E-state index is 6.75. The Hall–Kier alpha value is -1.38. The van der Waals surface area contributed by atoms with Crippen LogP contribution in [0.1, 0.15) is 5.69 Å². The first-order valence-electron chi connectivity index (χ1n) is 3.40. The highest BCUT2D eigenvalue weighted by Gasteiger charge is 1.96. The van der Waals surface area contributed by atoms with E-state index in [2.05, 4.69) is 4.99 Å². The van der Waals surface area contributed by atoms with Gasteiger partial charge < -0.3 is 9.98 Å². The number of aliphatic imine (C=N–C) groups is 1. The van der Waals surface area contributed by atoms with Gasteiger partial charge in [-0.15, -0.1) is 0 Å². The van der Waals surface area contributed by atoms with E-state index in [1.165, 1.54) is 12.4 Å². The molecule has 1 heterocycles. The summed E-state index contributed by atoms with van der Waals surface area (Å²) < 4.78 is 2.00. The first kappa shape index (κ1) is 7.72. The summed E-state index contributed by atoms with van der Waals surface area (Å²) in [5.41, 5.74) is 2.04. The largest absolute Gasteiger partial charge is 0.353 e. The van der Waals surface area contributed by atoms with Crippen LogP contribution in [0.15, 0.2) is 17.3 Å². The van der Waals surface area contributed by atoms with Gasteiger partial charge in [-0.1, -0.05) is 0 Å². The average Bonchev–Trinajstić information content (AvgIpc) is 2.31. The van der Waals surface area contributed by atoms with Crippen molar-refractivity contribution >= 4 is 18.1 Å². The van der Waals surface area contributed by atoms with E-state index in [1.54, 1.807) is 0 Å². The van der Waals surface area contributed by atoms with Crippen molar-refractivity contribution in [3.63, 3.8) is 0 Å². The second-order valence-electron chi connectivity index (χ2n) is 2.34. The van der Waals surface area contributed by atoms with E-state index < -0.39 is 0 Å². The molecule has 0 spiro atoms. The third kappa shape index (κ3) is 1.55. The zero-order chi connectivity index (χ0) is 8.27. The van der Waals surface area contributed by atoms with E-state index in [4.69, 9.17) is 5.41 Å². The molecule has 0 bridgehead atoms. The number of rotatable bonds is 2. The number of hydrogen-bond acceptors (Lipinski definition) is 2. The molecular formula is C8H11N3. The minimum Gasteiger partial charge on any atom is -0.353 e. The fraction of sp³-hybridized carbons (Fsp3) is 0.250. The standard InChI is InChI=1S/C8H11N3/c1-7-8(10-5-4-9)3-6-11(7)2/h3-6,9H,1-2H3. The van der Waals surface area contributed by atoms with Crippen molar-refractivity contribution in [1.82, 2.24) is 4.57 Å². The lowest BCUT2D eigenvalue weighted by molar-refractivity contribution is 0.882. The third-order valence-electron chi connectivity index (χ3n) is 1.64. The summed E-state index contributed by atoms with van der Waals surface area (Å²) in [6, 6.07) is 1.93. The van der Waals surface area contributed by atoms with Gasteiger partial charge in [-0.25, -0.2) is 0 Å². The van der Waals surface area contributed by atoms with Crippen LogP contribution in [0.5, 0.6) is 0 Å². The van der Waals surface area contributed by atoms with Crippen molar-refractivity contribution in [2.24, 2.45) is 12.0 Å². The zero-order valence-corrected chi connectivity index (χ0v) is 6.70. The van der Waals surface area contributed by atoms with Gasteiger partial charge in [0.2, 0.25) is 0 Å². The van der Waals surface area contributed by atoms with Gasteiger partial charge >= 0.3 is 0 Å². The summed E-state index contributed by atoms with van der Waals surface area (Å²) in [6.45, 7) is 2.00. The predicted molar refractivity (Wildman–Crippen MR) is 47.1 cm³/mol. The van der Waals surface area contributed by atoms with Crippen molar-refractivity contribution in [2.75, 3.05) is 0 Å². The molecule has 0 aromatic carbocycles. The van der Waals surface area contributed by atoms with E-state index in [0.29, 0.717) is 0 Å². The smallest absolute Gasteiger partial charge is 0.0836 e. The molecule has 0 amide bonds. The summed E-state index contributed by atoms with van der Waals surface area (Å²) in [6.07, 6.45) is 4.60. The molecule has 0 radical (unpaired) electrons. The zero-order valence-electron chi connectivity index (χ0n) is 6.70. The second kappa shape index (κ2) is 3.14. The van der Waals surface area contributed by atoms with Crippen molar-refractivity contribution < 1.29 is 0 Å². The Balaban J connectivity index is 2.95. The summed E-state index contributed by atoms with van der Waals surface area (Å²) in [4.78, 5) is 4.06. The molecule has 1 aromatic rings. The molecule has 0 unspecified atom stereocenters. The average molecular weight is 149 g/mol. The lowest BCUT2D eigenvalue weighted by atomic mass is 10.4. The number of nitrogens with one attached hydrogen (secondary N) is 1. The molecule has 0 saturated heterocycles. The van der Waals surface area contributed by atoms with Gasteiger partial charge in [0.15, 0.2) is 0 Å². The van der Waals surface area contributed by atoms with Gasteiger partial charge in [0.1, 0.15) is 0 Å². The van der Waals surface area contributed by atoms with Gasteiger partial charge in [-0.3, -0.25) is 4.99 Å². The molecule has 0 aliphatic carbocycles. The monoisotopic (exact) mass is 149 g/mol. The maximum absolute atomic E-state index is 6.75. The number of aryl methyl sites for hydroxylation is 1. The lowest BCUT2D eigenvalue weighted by Crippen LogP contribution is -1.86. The van der Waals surface area contributed by atoms with Gasteiger partial charge in [0, 0.05) is 31.4 Å². The van der Waals surface area contributed by atoms with E-state index >= 15 is 0 Å². The fourth-order valence-electron chi connectivity index (χ4n) is 0.850. The Morgan fingerprint density at radius 3 is 2.82 bits per heavy atom. The normalized spacial score (nSPS) is 10.7. The summed E-state index contributed by atoms with van der Waals surface area (Å²) in [5, 5.41) is 6.75. The van der Waals surface area contributed by atoms with Crippen LogP contribution in [0.2, 0.25) is 0 Å². The molecule has 3 heteroatoms. The van der Waals surface area contributed by atoms with Crippen molar-refractivity contribution in [2.45, 2.75) is 6.92 Å². The van der Waals surface area contributed by atoms with Gasteiger partial charge in [-0.2, -0.15) is 0 Å². The molecule has 0 aliphatic heterocycles. The summed E-state index contributed by atoms with van der Waals surface area (Å²) in [7, 11) is 1.97. The fourth-order valence-corrected chi connectivity index (χ4v) is 0.850. The highest BCUT2D eigenvalue weighted by atomic mass is 15.0. The topological polar surface area (TPSA) is 41.1 Å². The highest BCUT2D eigenvalue weighted by molar-refractivity contribution is 6.15. The van der Waals surface area contributed by atoms with E-state index in [-0.39, 0.29) is 0 Å².